The van der Waals surface area contributed by atoms with Crippen LogP contribution < -0.4 is 5.32 Å². The smallest absolute Gasteiger partial charge is 0.228 e. The molecule has 1 amide bonds. The van der Waals surface area contributed by atoms with E-state index in [1.807, 2.05) is 24.3 Å². The van der Waals surface area contributed by atoms with Crippen molar-refractivity contribution in [3.63, 3.8) is 0 Å². The number of benzene rings is 2. The van der Waals surface area contributed by atoms with Crippen LogP contribution in [0.15, 0.2) is 48.5 Å². The average molecular weight is 419 g/mol. The van der Waals surface area contributed by atoms with Crippen molar-refractivity contribution < 1.29 is 17.6 Å². The number of anilines is 1. The van der Waals surface area contributed by atoms with Gasteiger partial charge in [0.25, 0.3) is 0 Å². The molecule has 1 aliphatic heterocycles. The molecular formula is C22H27FN2O3S. The van der Waals surface area contributed by atoms with E-state index in [1.54, 1.807) is 0 Å². The number of hydrogen-bond acceptors (Lipinski definition) is 3. The van der Waals surface area contributed by atoms with Crippen LogP contribution in [0.3, 0.4) is 0 Å². The Bertz CT molecular complexity index is 958. The summed E-state index contributed by atoms with van der Waals surface area (Å²) >= 11 is 0. The molecule has 1 saturated heterocycles. The second kappa shape index (κ2) is 9.05. The van der Waals surface area contributed by atoms with E-state index in [0.717, 1.165) is 11.3 Å². The van der Waals surface area contributed by atoms with Gasteiger partial charge in [-0.25, -0.2) is 17.1 Å². The third-order valence-corrected chi connectivity index (χ3v) is 7.07. The first kappa shape index (κ1) is 21.5. The van der Waals surface area contributed by atoms with Crippen molar-refractivity contribution in [3.05, 3.63) is 65.5 Å². The van der Waals surface area contributed by atoms with E-state index in [0.29, 0.717) is 24.9 Å². The Labute approximate surface area is 172 Å². The van der Waals surface area contributed by atoms with Crippen molar-refractivity contribution in [2.45, 2.75) is 38.4 Å². The fraction of sp³-hybridized carbons (Fsp3) is 0.409. The van der Waals surface area contributed by atoms with Crippen LogP contribution in [0, 0.1) is 11.7 Å². The number of amides is 1. The molecule has 1 fully saturated rings. The lowest BCUT2D eigenvalue weighted by atomic mass is 9.97. The number of halogens is 1. The molecule has 0 spiro atoms. The summed E-state index contributed by atoms with van der Waals surface area (Å²) in [5.74, 6) is -0.877. The number of hydrogen-bond donors (Lipinski definition) is 1. The van der Waals surface area contributed by atoms with E-state index >= 15 is 0 Å². The quantitative estimate of drug-likeness (QED) is 0.767. The minimum atomic E-state index is -3.58. The average Bonchev–Trinajstić information content (AvgIpc) is 2.70. The Hall–Kier alpha value is -2.25. The first-order chi connectivity index (χ1) is 13.8. The van der Waals surface area contributed by atoms with Crippen LogP contribution in [-0.4, -0.2) is 31.7 Å². The second-order valence-corrected chi connectivity index (χ2v) is 9.78. The van der Waals surface area contributed by atoms with E-state index in [-0.39, 0.29) is 24.1 Å². The molecule has 0 bridgehead atoms. The summed E-state index contributed by atoms with van der Waals surface area (Å²) in [5, 5.41) is 2.99. The van der Waals surface area contributed by atoms with Gasteiger partial charge in [-0.15, -0.1) is 0 Å². The van der Waals surface area contributed by atoms with Crippen LogP contribution in [0.1, 0.15) is 43.7 Å². The summed E-state index contributed by atoms with van der Waals surface area (Å²) in [6.07, 6.45) is 1.28. The summed E-state index contributed by atoms with van der Waals surface area (Å²) < 4.78 is 40.1. The van der Waals surface area contributed by atoms with Crippen LogP contribution in [0.5, 0.6) is 0 Å². The first-order valence-corrected chi connectivity index (χ1v) is 11.5. The molecule has 1 heterocycles. The Morgan fingerprint density at radius 1 is 1.17 bits per heavy atom. The maximum Gasteiger partial charge on any atom is 0.228 e. The molecule has 156 valence electrons. The van der Waals surface area contributed by atoms with Gasteiger partial charge < -0.3 is 5.32 Å². The number of sulfonamides is 1. The highest BCUT2D eigenvalue weighted by atomic mass is 32.2. The lowest BCUT2D eigenvalue weighted by Gasteiger charge is -2.31. The number of nitrogens with zero attached hydrogens (tertiary/aromatic N) is 1. The molecule has 1 aliphatic rings. The van der Waals surface area contributed by atoms with Gasteiger partial charge in [0.05, 0.1) is 11.7 Å². The van der Waals surface area contributed by atoms with Gasteiger partial charge in [0.1, 0.15) is 5.82 Å². The molecule has 7 heteroatoms. The molecule has 1 unspecified atom stereocenters. The summed E-state index contributed by atoms with van der Waals surface area (Å²) in [7, 11) is -3.58. The third kappa shape index (κ3) is 5.42. The van der Waals surface area contributed by atoms with E-state index < -0.39 is 21.8 Å². The van der Waals surface area contributed by atoms with Crippen molar-refractivity contribution in [2.75, 3.05) is 18.4 Å². The summed E-state index contributed by atoms with van der Waals surface area (Å²) in [5.41, 5.74) is 2.36. The predicted octanol–water partition coefficient (Wildman–Crippen LogP) is 4.13. The minimum Gasteiger partial charge on any atom is -0.326 e. The third-order valence-electron chi connectivity index (χ3n) is 5.25. The Kier molecular flexibility index (Phi) is 6.70. The largest absolute Gasteiger partial charge is 0.326 e. The predicted molar refractivity (Wildman–Crippen MR) is 112 cm³/mol. The molecule has 0 saturated carbocycles. The zero-order chi connectivity index (χ0) is 21.0. The van der Waals surface area contributed by atoms with Gasteiger partial charge in [0, 0.05) is 18.8 Å². The lowest BCUT2D eigenvalue weighted by molar-refractivity contribution is -0.120. The van der Waals surface area contributed by atoms with E-state index in [9.17, 15) is 17.6 Å². The molecular weight excluding hydrogens is 391 g/mol. The summed E-state index contributed by atoms with van der Waals surface area (Å²) in [4.78, 5) is 12.8. The van der Waals surface area contributed by atoms with Crippen LogP contribution in [0.2, 0.25) is 0 Å². The van der Waals surface area contributed by atoms with Gasteiger partial charge in [-0.3, -0.25) is 4.79 Å². The number of carbonyl (C=O) groups is 1. The maximum atomic E-state index is 13.1. The molecule has 0 radical (unpaired) electrons. The Morgan fingerprint density at radius 3 is 2.55 bits per heavy atom. The number of carbonyl (C=O) groups excluding carboxylic acids is 1. The summed E-state index contributed by atoms with van der Waals surface area (Å²) in [6, 6.07) is 13.1. The fourth-order valence-electron chi connectivity index (χ4n) is 3.64. The van der Waals surface area contributed by atoms with Crippen LogP contribution >= 0.6 is 0 Å². The highest BCUT2D eigenvalue weighted by Gasteiger charge is 2.32. The molecule has 5 nitrogen and oxygen atoms in total. The second-order valence-electron chi connectivity index (χ2n) is 7.81. The molecule has 29 heavy (non-hydrogen) atoms. The number of para-hydroxylation sites is 1. The highest BCUT2D eigenvalue weighted by Crippen LogP contribution is 2.26. The normalized spacial score (nSPS) is 18.0. The van der Waals surface area contributed by atoms with Gasteiger partial charge in [0.2, 0.25) is 15.9 Å². The zero-order valence-corrected chi connectivity index (χ0v) is 17.6. The SMILES string of the molecule is CC(C)c1ccccc1NC(=O)C1CCCN(S(=O)(=O)Cc2ccc(F)cc2)C1. The molecule has 0 aromatic heterocycles. The van der Waals surface area contributed by atoms with Crippen molar-refractivity contribution in [2.24, 2.45) is 5.92 Å². The summed E-state index contributed by atoms with van der Waals surface area (Å²) in [6.45, 7) is 4.69. The number of rotatable bonds is 6. The van der Waals surface area contributed by atoms with Gasteiger partial charge in [-0.1, -0.05) is 44.2 Å². The van der Waals surface area contributed by atoms with Crippen molar-refractivity contribution in [1.82, 2.24) is 4.31 Å². The standard InChI is InChI=1S/C22H27FN2O3S/c1-16(2)20-7-3-4-8-21(20)24-22(26)18-6-5-13-25(14-18)29(27,28)15-17-9-11-19(23)12-10-17/h3-4,7-12,16,18H,5-6,13-15H2,1-2H3,(H,24,26). The Morgan fingerprint density at radius 2 is 1.86 bits per heavy atom. The van der Waals surface area contributed by atoms with Gasteiger partial charge in [-0.2, -0.15) is 0 Å². The van der Waals surface area contributed by atoms with Crippen LogP contribution in [0.25, 0.3) is 0 Å². The molecule has 1 atom stereocenters. The lowest BCUT2D eigenvalue weighted by Crippen LogP contribution is -2.44. The van der Waals surface area contributed by atoms with Crippen LogP contribution in [0.4, 0.5) is 10.1 Å². The molecule has 1 N–H and O–H groups in total. The molecule has 3 rings (SSSR count). The first-order valence-electron chi connectivity index (χ1n) is 9.88. The fourth-order valence-corrected chi connectivity index (χ4v) is 5.25. The van der Waals surface area contributed by atoms with Crippen LogP contribution in [-0.2, 0) is 20.6 Å². The van der Waals surface area contributed by atoms with Gasteiger partial charge in [0.15, 0.2) is 0 Å². The maximum absolute atomic E-state index is 13.1. The monoisotopic (exact) mass is 418 g/mol. The van der Waals surface area contributed by atoms with Crippen molar-refractivity contribution in [3.8, 4) is 0 Å². The van der Waals surface area contributed by atoms with Crippen molar-refractivity contribution >= 4 is 21.6 Å². The zero-order valence-electron chi connectivity index (χ0n) is 16.8. The Balaban J connectivity index is 1.68. The van der Waals surface area contributed by atoms with Gasteiger partial charge in [-0.05, 0) is 48.1 Å². The highest BCUT2D eigenvalue weighted by molar-refractivity contribution is 7.88. The van der Waals surface area contributed by atoms with Crippen molar-refractivity contribution in [1.29, 1.82) is 0 Å². The topological polar surface area (TPSA) is 66.5 Å². The van der Waals surface area contributed by atoms with E-state index in [2.05, 4.69) is 19.2 Å². The molecule has 0 aliphatic carbocycles. The van der Waals surface area contributed by atoms with Gasteiger partial charge >= 0.3 is 0 Å². The number of nitrogens with one attached hydrogen (secondary N) is 1. The minimum absolute atomic E-state index is 0.153. The van der Waals surface area contributed by atoms with E-state index in [1.165, 1.54) is 28.6 Å². The molecule has 2 aromatic carbocycles. The molecule has 2 aromatic rings. The van der Waals surface area contributed by atoms with E-state index in [4.69, 9.17) is 0 Å². The number of piperidine rings is 1.